The number of hydrogen-bond donors (Lipinski definition) is 0. The van der Waals surface area contributed by atoms with Crippen LogP contribution in [0.3, 0.4) is 0 Å². The minimum Gasteiger partial charge on any atom is -0.496 e. The fraction of sp³-hybridized carbons (Fsp3) is 0.500. The van der Waals surface area contributed by atoms with Gasteiger partial charge in [-0.3, -0.25) is 0 Å². The van der Waals surface area contributed by atoms with Gasteiger partial charge in [-0.15, -0.1) is 0 Å². The first-order valence-corrected chi connectivity index (χ1v) is 5.85. The highest BCUT2D eigenvalue weighted by Gasteiger charge is 2.24. The Morgan fingerprint density at radius 1 is 1.36 bits per heavy atom. The summed E-state index contributed by atoms with van der Waals surface area (Å²) in [7, 11) is 1.72. The second kappa shape index (κ2) is 4.35. The Hall–Kier alpha value is -0.500. The van der Waals surface area contributed by atoms with Crippen LogP contribution in [0.4, 0.5) is 0 Å². The van der Waals surface area contributed by atoms with E-state index >= 15 is 0 Å². The predicted molar refractivity (Wildman–Crippen MR) is 64.6 cm³/mol. The molecule has 0 aromatic heterocycles. The van der Waals surface area contributed by atoms with E-state index in [-0.39, 0.29) is 5.41 Å². The highest BCUT2D eigenvalue weighted by molar-refractivity contribution is 9.09. The molecule has 0 saturated carbocycles. The zero-order valence-electron chi connectivity index (χ0n) is 9.23. The zero-order chi connectivity index (χ0) is 10.8. The van der Waals surface area contributed by atoms with E-state index in [4.69, 9.17) is 4.74 Å². The van der Waals surface area contributed by atoms with Crippen molar-refractivity contribution in [2.24, 2.45) is 0 Å². The molecule has 0 saturated heterocycles. The molecule has 0 atom stereocenters. The standard InChI is InChI=1S/C12H17BrO/c1-9-6-5-7-10(14-4)11(9)12(2,3)8-13/h5-7H,8H2,1-4H3. The third-order valence-corrected chi connectivity index (χ3v) is 3.87. The van der Waals surface area contributed by atoms with Gasteiger partial charge in [-0.05, 0) is 18.6 Å². The zero-order valence-corrected chi connectivity index (χ0v) is 10.8. The summed E-state index contributed by atoms with van der Waals surface area (Å²) in [5.74, 6) is 0.981. The molecule has 1 aromatic rings. The normalized spacial score (nSPS) is 11.5. The molecule has 14 heavy (non-hydrogen) atoms. The summed E-state index contributed by atoms with van der Waals surface area (Å²) in [6, 6.07) is 6.18. The van der Waals surface area contributed by atoms with E-state index in [0.717, 1.165) is 11.1 Å². The molecule has 0 fully saturated rings. The lowest BCUT2D eigenvalue weighted by atomic mass is 9.83. The monoisotopic (exact) mass is 256 g/mol. The van der Waals surface area contributed by atoms with Crippen LogP contribution in [-0.2, 0) is 5.41 Å². The summed E-state index contributed by atoms with van der Waals surface area (Å²) >= 11 is 3.55. The molecule has 0 heterocycles. The van der Waals surface area contributed by atoms with Crippen LogP contribution in [0.1, 0.15) is 25.0 Å². The summed E-state index contributed by atoms with van der Waals surface area (Å²) < 4.78 is 5.39. The Morgan fingerprint density at radius 3 is 2.50 bits per heavy atom. The lowest BCUT2D eigenvalue weighted by molar-refractivity contribution is 0.398. The highest BCUT2D eigenvalue weighted by Crippen LogP contribution is 2.35. The van der Waals surface area contributed by atoms with Gasteiger partial charge in [0.2, 0.25) is 0 Å². The van der Waals surface area contributed by atoms with Gasteiger partial charge in [0.1, 0.15) is 5.75 Å². The number of ether oxygens (including phenoxy) is 1. The summed E-state index contributed by atoms with van der Waals surface area (Å²) in [6.45, 7) is 6.56. The largest absolute Gasteiger partial charge is 0.496 e. The van der Waals surface area contributed by atoms with E-state index in [9.17, 15) is 0 Å². The van der Waals surface area contributed by atoms with Crippen LogP contribution in [0.5, 0.6) is 5.75 Å². The van der Waals surface area contributed by atoms with Crippen LogP contribution in [0.15, 0.2) is 18.2 Å². The minimum absolute atomic E-state index is 0.108. The maximum Gasteiger partial charge on any atom is 0.122 e. The van der Waals surface area contributed by atoms with Crippen molar-refractivity contribution in [3.8, 4) is 5.75 Å². The molecule has 0 aliphatic rings. The topological polar surface area (TPSA) is 9.23 Å². The molecule has 0 aliphatic heterocycles. The second-order valence-electron chi connectivity index (χ2n) is 4.17. The lowest BCUT2D eigenvalue weighted by Crippen LogP contribution is -2.21. The summed E-state index contributed by atoms with van der Waals surface area (Å²) in [5, 5.41) is 0.932. The van der Waals surface area contributed by atoms with Gasteiger partial charge >= 0.3 is 0 Å². The Kier molecular flexibility index (Phi) is 3.59. The third-order valence-electron chi connectivity index (χ3n) is 2.47. The minimum atomic E-state index is 0.108. The Morgan fingerprint density at radius 2 is 2.00 bits per heavy atom. The van der Waals surface area contributed by atoms with Crippen molar-refractivity contribution < 1.29 is 4.74 Å². The van der Waals surface area contributed by atoms with Crippen molar-refractivity contribution in [1.82, 2.24) is 0 Å². The van der Waals surface area contributed by atoms with Gasteiger partial charge in [-0.2, -0.15) is 0 Å². The number of aryl methyl sites for hydroxylation is 1. The summed E-state index contributed by atoms with van der Waals surface area (Å²) in [5.41, 5.74) is 2.68. The molecule has 0 aliphatic carbocycles. The molecule has 0 N–H and O–H groups in total. The first-order valence-electron chi connectivity index (χ1n) is 4.73. The van der Waals surface area contributed by atoms with Crippen LogP contribution in [0.2, 0.25) is 0 Å². The molecule has 0 amide bonds. The molecule has 1 rings (SSSR count). The Labute approximate surface area is 94.6 Å². The molecule has 78 valence electrons. The van der Waals surface area contributed by atoms with E-state index < -0.39 is 0 Å². The lowest BCUT2D eigenvalue weighted by Gasteiger charge is -2.26. The van der Waals surface area contributed by atoms with Crippen molar-refractivity contribution in [1.29, 1.82) is 0 Å². The van der Waals surface area contributed by atoms with E-state index in [1.54, 1.807) is 7.11 Å². The second-order valence-corrected chi connectivity index (χ2v) is 4.73. The first-order chi connectivity index (χ1) is 6.53. The third kappa shape index (κ3) is 2.11. The number of hydrogen-bond acceptors (Lipinski definition) is 1. The van der Waals surface area contributed by atoms with Gasteiger partial charge in [0.15, 0.2) is 0 Å². The predicted octanol–water partition coefficient (Wildman–Crippen LogP) is 3.68. The van der Waals surface area contributed by atoms with Gasteiger partial charge in [0, 0.05) is 16.3 Å². The average molecular weight is 257 g/mol. The van der Waals surface area contributed by atoms with Crippen LogP contribution in [-0.4, -0.2) is 12.4 Å². The van der Waals surface area contributed by atoms with Crippen LogP contribution in [0, 0.1) is 6.92 Å². The maximum atomic E-state index is 5.39. The van der Waals surface area contributed by atoms with Gasteiger partial charge in [0.25, 0.3) is 0 Å². The number of alkyl halides is 1. The van der Waals surface area contributed by atoms with Crippen LogP contribution < -0.4 is 4.74 Å². The van der Waals surface area contributed by atoms with Gasteiger partial charge in [-0.25, -0.2) is 0 Å². The number of benzene rings is 1. The van der Waals surface area contributed by atoms with E-state index in [1.807, 2.05) is 12.1 Å². The fourth-order valence-electron chi connectivity index (χ4n) is 1.75. The quantitative estimate of drug-likeness (QED) is 0.750. The van der Waals surface area contributed by atoms with Crippen molar-refractivity contribution in [3.05, 3.63) is 29.3 Å². The van der Waals surface area contributed by atoms with Crippen molar-refractivity contribution in [2.45, 2.75) is 26.2 Å². The van der Waals surface area contributed by atoms with Gasteiger partial charge < -0.3 is 4.74 Å². The maximum absolute atomic E-state index is 5.39. The molecule has 0 radical (unpaired) electrons. The van der Waals surface area contributed by atoms with Crippen LogP contribution in [0.25, 0.3) is 0 Å². The molecule has 2 heteroatoms. The summed E-state index contributed by atoms with van der Waals surface area (Å²) in [6.07, 6.45) is 0. The molecule has 0 spiro atoms. The van der Waals surface area contributed by atoms with Crippen molar-refractivity contribution in [2.75, 3.05) is 12.4 Å². The first kappa shape index (κ1) is 11.6. The highest BCUT2D eigenvalue weighted by atomic mass is 79.9. The number of halogens is 1. The smallest absolute Gasteiger partial charge is 0.122 e. The SMILES string of the molecule is COc1cccc(C)c1C(C)(C)CBr. The van der Waals surface area contributed by atoms with Crippen molar-refractivity contribution >= 4 is 15.9 Å². The Balaban J connectivity index is 3.30. The van der Waals surface area contributed by atoms with Crippen molar-refractivity contribution in [3.63, 3.8) is 0 Å². The molecule has 1 nitrogen and oxygen atoms in total. The molecular weight excluding hydrogens is 240 g/mol. The Bertz CT molecular complexity index is 318. The van der Waals surface area contributed by atoms with E-state index in [2.05, 4.69) is 42.8 Å². The summed E-state index contributed by atoms with van der Waals surface area (Å²) in [4.78, 5) is 0. The molecular formula is C12H17BrO. The number of rotatable bonds is 3. The van der Waals surface area contributed by atoms with Crippen LogP contribution >= 0.6 is 15.9 Å². The van der Waals surface area contributed by atoms with E-state index in [0.29, 0.717) is 0 Å². The average Bonchev–Trinajstić information content (AvgIpc) is 2.17. The molecule has 0 unspecified atom stereocenters. The van der Waals surface area contributed by atoms with Gasteiger partial charge in [0.05, 0.1) is 7.11 Å². The number of methoxy groups -OCH3 is 1. The molecule has 1 aromatic carbocycles. The fourth-order valence-corrected chi connectivity index (χ4v) is 2.03. The van der Waals surface area contributed by atoms with Gasteiger partial charge in [-0.1, -0.05) is 41.9 Å². The molecule has 0 bridgehead atoms. The van der Waals surface area contributed by atoms with E-state index in [1.165, 1.54) is 11.1 Å².